The number of carbonyl (C=O) groups is 1. The van der Waals surface area contributed by atoms with Crippen LogP contribution >= 0.6 is 0 Å². The second kappa shape index (κ2) is 9.64. The lowest BCUT2D eigenvalue weighted by molar-refractivity contribution is -0.128. The van der Waals surface area contributed by atoms with Crippen molar-refractivity contribution in [3.63, 3.8) is 0 Å². The van der Waals surface area contributed by atoms with E-state index in [4.69, 9.17) is 4.74 Å². The number of nitrogens with zero attached hydrogens (tertiary/aromatic N) is 2. The van der Waals surface area contributed by atoms with Crippen LogP contribution in [0.25, 0.3) is 0 Å². The molecule has 0 bridgehead atoms. The second-order valence-corrected chi connectivity index (χ2v) is 6.62. The van der Waals surface area contributed by atoms with Gasteiger partial charge in [-0.3, -0.25) is 4.79 Å². The first kappa shape index (κ1) is 18.7. The van der Waals surface area contributed by atoms with E-state index in [1.165, 1.54) is 5.56 Å². The van der Waals surface area contributed by atoms with Gasteiger partial charge in [0.2, 0.25) is 0 Å². The van der Waals surface area contributed by atoms with Crippen molar-refractivity contribution in [1.29, 1.82) is 0 Å². The van der Waals surface area contributed by atoms with E-state index >= 15 is 0 Å². The summed E-state index contributed by atoms with van der Waals surface area (Å²) in [7, 11) is 2.16. The van der Waals surface area contributed by atoms with E-state index < -0.39 is 6.10 Å². The number of nitrogens with one attached hydrogen (secondary N) is 1. The van der Waals surface area contributed by atoms with Crippen LogP contribution in [-0.4, -0.2) is 68.1 Å². The van der Waals surface area contributed by atoms with Crippen molar-refractivity contribution >= 4 is 5.91 Å². The third-order valence-corrected chi connectivity index (χ3v) is 4.51. The SMILES string of the molecule is CCC(Oc1ccc(C)cc1)C(=O)NCCCN1CCN(C)CC1. The smallest absolute Gasteiger partial charge is 0.261 e. The van der Waals surface area contributed by atoms with Crippen LogP contribution in [0.4, 0.5) is 0 Å². The number of hydrogen-bond donors (Lipinski definition) is 1. The highest BCUT2D eigenvalue weighted by molar-refractivity contribution is 5.81. The van der Waals surface area contributed by atoms with Crippen LogP contribution in [-0.2, 0) is 4.79 Å². The van der Waals surface area contributed by atoms with Crippen molar-refractivity contribution in [3.8, 4) is 5.75 Å². The summed E-state index contributed by atoms with van der Waals surface area (Å²) in [6.07, 6.45) is 1.23. The van der Waals surface area contributed by atoms with Gasteiger partial charge in [-0.25, -0.2) is 0 Å². The molecule has 0 saturated carbocycles. The number of amides is 1. The molecule has 1 aliphatic heterocycles. The maximum absolute atomic E-state index is 12.3. The van der Waals surface area contributed by atoms with Gasteiger partial charge in [-0.1, -0.05) is 24.6 Å². The molecule has 1 unspecified atom stereocenters. The van der Waals surface area contributed by atoms with Gasteiger partial charge in [0.15, 0.2) is 6.10 Å². The van der Waals surface area contributed by atoms with Gasteiger partial charge in [0, 0.05) is 32.7 Å². The first-order chi connectivity index (χ1) is 11.6. The molecule has 5 heteroatoms. The van der Waals surface area contributed by atoms with Crippen LogP contribution in [0, 0.1) is 6.92 Å². The molecule has 1 heterocycles. The molecule has 1 aromatic carbocycles. The van der Waals surface area contributed by atoms with Crippen molar-refractivity contribution in [3.05, 3.63) is 29.8 Å². The molecule has 1 fully saturated rings. The number of piperazine rings is 1. The molecule has 2 rings (SSSR count). The Hall–Kier alpha value is -1.59. The highest BCUT2D eigenvalue weighted by Gasteiger charge is 2.18. The monoisotopic (exact) mass is 333 g/mol. The third-order valence-electron chi connectivity index (χ3n) is 4.51. The van der Waals surface area contributed by atoms with E-state index in [2.05, 4.69) is 22.2 Å². The number of ether oxygens (including phenoxy) is 1. The van der Waals surface area contributed by atoms with Crippen molar-refractivity contribution in [2.75, 3.05) is 46.3 Å². The molecule has 1 saturated heterocycles. The predicted molar refractivity (Wildman–Crippen MR) is 97.4 cm³/mol. The summed E-state index contributed by atoms with van der Waals surface area (Å²) in [5.74, 6) is 0.733. The number of aryl methyl sites for hydroxylation is 1. The van der Waals surface area contributed by atoms with Gasteiger partial charge in [0.05, 0.1) is 0 Å². The van der Waals surface area contributed by atoms with Gasteiger partial charge >= 0.3 is 0 Å². The fourth-order valence-electron chi connectivity index (χ4n) is 2.80. The number of hydrogen-bond acceptors (Lipinski definition) is 4. The lowest BCUT2D eigenvalue weighted by atomic mass is 10.2. The average Bonchev–Trinajstić information content (AvgIpc) is 2.59. The van der Waals surface area contributed by atoms with Crippen LogP contribution in [0.2, 0.25) is 0 Å². The Morgan fingerprint density at radius 3 is 2.50 bits per heavy atom. The molecule has 1 amide bonds. The van der Waals surface area contributed by atoms with Crippen molar-refractivity contribution in [2.45, 2.75) is 32.8 Å². The van der Waals surface area contributed by atoms with Gasteiger partial charge < -0.3 is 19.9 Å². The summed E-state index contributed by atoms with van der Waals surface area (Å²) >= 11 is 0. The summed E-state index contributed by atoms with van der Waals surface area (Å²) < 4.78 is 5.81. The predicted octanol–water partition coefficient (Wildman–Crippen LogP) is 1.91. The summed E-state index contributed by atoms with van der Waals surface area (Å²) in [5, 5.41) is 3.01. The first-order valence-electron chi connectivity index (χ1n) is 9.00. The Labute approximate surface area is 146 Å². The van der Waals surface area contributed by atoms with Gasteiger partial charge in [0.25, 0.3) is 5.91 Å². The van der Waals surface area contributed by atoms with E-state index in [1.54, 1.807) is 0 Å². The Morgan fingerprint density at radius 1 is 1.21 bits per heavy atom. The van der Waals surface area contributed by atoms with E-state index in [-0.39, 0.29) is 5.91 Å². The molecule has 0 aromatic heterocycles. The van der Waals surface area contributed by atoms with Crippen LogP contribution < -0.4 is 10.1 Å². The van der Waals surface area contributed by atoms with E-state index in [9.17, 15) is 4.79 Å². The zero-order chi connectivity index (χ0) is 17.4. The number of benzene rings is 1. The van der Waals surface area contributed by atoms with Gasteiger partial charge in [-0.2, -0.15) is 0 Å². The van der Waals surface area contributed by atoms with E-state index in [0.29, 0.717) is 13.0 Å². The number of likely N-dealkylation sites (N-methyl/N-ethyl adjacent to an activating group) is 1. The standard InChI is InChI=1S/C19H31N3O2/c1-4-18(24-17-8-6-16(2)7-9-17)19(23)20-10-5-11-22-14-12-21(3)13-15-22/h6-9,18H,4-5,10-15H2,1-3H3,(H,20,23). The van der Waals surface area contributed by atoms with Gasteiger partial charge in [0.1, 0.15) is 5.75 Å². The van der Waals surface area contributed by atoms with Crippen LogP contribution in [0.5, 0.6) is 5.75 Å². The maximum atomic E-state index is 12.3. The minimum atomic E-state index is -0.420. The molecule has 1 atom stereocenters. The zero-order valence-electron chi connectivity index (χ0n) is 15.3. The molecule has 134 valence electrons. The van der Waals surface area contributed by atoms with Crippen LogP contribution in [0.3, 0.4) is 0 Å². The summed E-state index contributed by atoms with van der Waals surface area (Å²) in [6.45, 7) is 10.3. The maximum Gasteiger partial charge on any atom is 0.261 e. The molecular weight excluding hydrogens is 302 g/mol. The fraction of sp³-hybridized carbons (Fsp3) is 0.632. The number of carbonyl (C=O) groups excluding carboxylic acids is 1. The Bertz CT molecular complexity index is 496. The van der Waals surface area contributed by atoms with Crippen molar-refractivity contribution < 1.29 is 9.53 Å². The lowest BCUT2D eigenvalue weighted by Crippen LogP contribution is -2.45. The van der Waals surface area contributed by atoms with E-state index in [0.717, 1.165) is 44.9 Å². The highest BCUT2D eigenvalue weighted by Crippen LogP contribution is 2.14. The molecule has 0 spiro atoms. The number of rotatable bonds is 8. The molecule has 24 heavy (non-hydrogen) atoms. The van der Waals surface area contributed by atoms with Crippen LogP contribution in [0.15, 0.2) is 24.3 Å². The Balaban J connectivity index is 1.67. The Morgan fingerprint density at radius 2 is 1.88 bits per heavy atom. The largest absolute Gasteiger partial charge is 0.481 e. The average molecular weight is 333 g/mol. The Kier molecular flexibility index (Phi) is 7.53. The molecular formula is C19H31N3O2. The minimum Gasteiger partial charge on any atom is -0.481 e. The topological polar surface area (TPSA) is 44.8 Å². The van der Waals surface area contributed by atoms with Gasteiger partial charge in [-0.05, 0) is 45.5 Å². The van der Waals surface area contributed by atoms with Gasteiger partial charge in [-0.15, -0.1) is 0 Å². The molecule has 1 aliphatic rings. The third kappa shape index (κ3) is 6.13. The van der Waals surface area contributed by atoms with Crippen LogP contribution in [0.1, 0.15) is 25.3 Å². The second-order valence-electron chi connectivity index (χ2n) is 6.62. The quantitative estimate of drug-likeness (QED) is 0.738. The fourth-order valence-corrected chi connectivity index (χ4v) is 2.80. The summed E-state index contributed by atoms with van der Waals surface area (Å²) in [6, 6.07) is 7.82. The summed E-state index contributed by atoms with van der Waals surface area (Å²) in [4.78, 5) is 17.1. The molecule has 0 aliphatic carbocycles. The van der Waals surface area contributed by atoms with Crippen molar-refractivity contribution in [1.82, 2.24) is 15.1 Å². The molecule has 0 radical (unpaired) electrons. The highest BCUT2D eigenvalue weighted by atomic mass is 16.5. The lowest BCUT2D eigenvalue weighted by Gasteiger charge is -2.32. The van der Waals surface area contributed by atoms with Crippen molar-refractivity contribution in [2.24, 2.45) is 0 Å². The molecule has 1 aromatic rings. The molecule has 1 N–H and O–H groups in total. The molecule has 5 nitrogen and oxygen atoms in total. The van der Waals surface area contributed by atoms with E-state index in [1.807, 2.05) is 38.1 Å². The minimum absolute atomic E-state index is 0.0172. The zero-order valence-corrected chi connectivity index (χ0v) is 15.3. The summed E-state index contributed by atoms with van der Waals surface area (Å²) in [5.41, 5.74) is 1.18. The first-order valence-corrected chi connectivity index (χ1v) is 9.00. The normalized spacial score (nSPS) is 17.5.